The third-order valence-corrected chi connectivity index (χ3v) is 3.04. The first kappa shape index (κ1) is 18.9. The van der Waals surface area contributed by atoms with Crippen LogP contribution in [0.15, 0.2) is 11.0 Å². The summed E-state index contributed by atoms with van der Waals surface area (Å²) in [5.74, 6) is -1.16. The lowest BCUT2D eigenvalue weighted by Gasteiger charge is -2.24. The number of aliphatic carboxylic acids is 1. The SMILES string of the molecule is CC(C)C(COCCC(=O)O)Nc1cn[nH]c(=O)c1C(F)(F)F. The van der Waals surface area contributed by atoms with Gasteiger partial charge < -0.3 is 15.2 Å². The first-order valence-corrected chi connectivity index (χ1v) is 6.84. The van der Waals surface area contributed by atoms with Gasteiger partial charge in [0, 0.05) is 0 Å². The van der Waals surface area contributed by atoms with Crippen molar-refractivity contribution < 1.29 is 27.8 Å². The van der Waals surface area contributed by atoms with Crippen molar-refractivity contribution >= 4 is 11.7 Å². The molecule has 0 aliphatic carbocycles. The number of aromatic nitrogens is 2. The molecule has 3 N–H and O–H groups in total. The van der Waals surface area contributed by atoms with E-state index in [2.05, 4.69) is 10.4 Å². The molecule has 1 aromatic rings. The number of halogens is 3. The summed E-state index contributed by atoms with van der Waals surface area (Å²) in [5, 5.41) is 16.2. The van der Waals surface area contributed by atoms with Crippen molar-refractivity contribution in [3.05, 3.63) is 22.1 Å². The Morgan fingerprint density at radius 1 is 1.48 bits per heavy atom. The average molecular weight is 337 g/mol. The normalized spacial score (nSPS) is 13.1. The minimum Gasteiger partial charge on any atom is -0.481 e. The number of hydrogen-bond donors (Lipinski definition) is 3. The number of ether oxygens (including phenoxy) is 1. The van der Waals surface area contributed by atoms with Gasteiger partial charge in [0.05, 0.1) is 37.6 Å². The van der Waals surface area contributed by atoms with Crippen LogP contribution in [0.1, 0.15) is 25.8 Å². The van der Waals surface area contributed by atoms with Crippen molar-refractivity contribution in [3.63, 3.8) is 0 Å². The largest absolute Gasteiger partial charge is 0.481 e. The highest BCUT2D eigenvalue weighted by Crippen LogP contribution is 2.32. The summed E-state index contributed by atoms with van der Waals surface area (Å²) in [6.07, 6.45) is -4.15. The van der Waals surface area contributed by atoms with Gasteiger partial charge in [-0.05, 0) is 5.92 Å². The fraction of sp³-hybridized carbons (Fsp3) is 0.615. The van der Waals surface area contributed by atoms with Gasteiger partial charge in [0.25, 0.3) is 5.56 Å². The Labute approximate surface area is 129 Å². The van der Waals surface area contributed by atoms with E-state index in [1.165, 1.54) is 0 Å². The second-order valence-corrected chi connectivity index (χ2v) is 5.20. The van der Waals surface area contributed by atoms with E-state index in [1.54, 1.807) is 18.9 Å². The van der Waals surface area contributed by atoms with Crippen LogP contribution in [-0.2, 0) is 15.7 Å². The Bertz CT molecular complexity index is 587. The lowest BCUT2D eigenvalue weighted by molar-refractivity contribution is -0.139. The van der Waals surface area contributed by atoms with E-state index < -0.39 is 35.0 Å². The van der Waals surface area contributed by atoms with Crippen molar-refractivity contribution in [1.82, 2.24) is 10.2 Å². The number of H-pyrrole nitrogens is 1. The van der Waals surface area contributed by atoms with Crippen LogP contribution in [0.25, 0.3) is 0 Å². The topological polar surface area (TPSA) is 104 Å². The highest BCUT2D eigenvalue weighted by atomic mass is 19.4. The van der Waals surface area contributed by atoms with Gasteiger partial charge in [0.2, 0.25) is 0 Å². The van der Waals surface area contributed by atoms with Crippen molar-refractivity contribution in [2.75, 3.05) is 18.5 Å². The highest BCUT2D eigenvalue weighted by Gasteiger charge is 2.37. The summed E-state index contributed by atoms with van der Waals surface area (Å²) in [4.78, 5) is 21.8. The van der Waals surface area contributed by atoms with Crippen molar-refractivity contribution in [3.8, 4) is 0 Å². The fourth-order valence-corrected chi connectivity index (χ4v) is 1.76. The molecule has 0 fully saturated rings. The molecule has 23 heavy (non-hydrogen) atoms. The first-order chi connectivity index (χ1) is 10.6. The number of nitrogens with one attached hydrogen (secondary N) is 2. The molecule has 0 saturated carbocycles. The van der Waals surface area contributed by atoms with Crippen LogP contribution in [-0.4, -0.2) is 40.5 Å². The van der Waals surface area contributed by atoms with E-state index >= 15 is 0 Å². The molecule has 0 aromatic carbocycles. The van der Waals surface area contributed by atoms with Crippen LogP contribution in [0.3, 0.4) is 0 Å². The number of hydrogen-bond acceptors (Lipinski definition) is 5. The highest BCUT2D eigenvalue weighted by molar-refractivity contribution is 5.66. The van der Waals surface area contributed by atoms with Gasteiger partial charge in [-0.25, -0.2) is 5.10 Å². The summed E-state index contributed by atoms with van der Waals surface area (Å²) in [5.41, 5.74) is -3.14. The molecule has 0 spiro atoms. The molecule has 0 saturated heterocycles. The molecule has 0 aliphatic heterocycles. The maximum Gasteiger partial charge on any atom is 0.423 e. The Kier molecular flexibility index (Phi) is 6.55. The molecule has 1 rings (SSSR count). The predicted octanol–water partition coefficient (Wildman–Crippen LogP) is 1.72. The van der Waals surface area contributed by atoms with Gasteiger partial charge >= 0.3 is 12.1 Å². The Morgan fingerprint density at radius 2 is 2.13 bits per heavy atom. The Morgan fingerprint density at radius 3 is 2.65 bits per heavy atom. The minimum atomic E-state index is -4.83. The summed E-state index contributed by atoms with van der Waals surface area (Å²) in [6, 6.07) is -0.548. The number of nitrogens with zero attached hydrogens (tertiary/aromatic N) is 1. The third-order valence-electron chi connectivity index (χ3n) is 3.04. The zero-order valence-electron chi connectivity index (χ0n) is 12.6. The van der Waals surface area contributed by atoms with Gasteiger partial charge in [0.15, 0.2) is 0 Å². The van der Waals surface area contributed by atoms with Crippen LogP contribution in [0.5, 0.6) is 0 Å². The van der Waals surface area contributed by atoms with E-state index in [0.29, 0.717) is 0 Å². The lowest BCUT2D eigenvalue weighted by Crippen LogP contribution is -2.34. The molecular weight excluding hydrogens is 319 g/mol. The van der Waals surface area contributed by atoms with Gasteiger partial charge in [-0.15, -0.1) is 0 Å². The summed E-state index contributed by atoms with van der Waals surface area (Å²) in [6.45, 7) is 3.45. The lowest BCUT2D eigenvalue weighted by atomic mass is 10.0. The molecule has 0 aliphatic rings. The van der Waals surface area contributed by atoms with Gasteiger partial charge in [-0.2, -0.15) is 18.3 Å². The minimum absolute atomic E-state index is 0.00492. The molecule has 1 aromatic heterocycles. The van der Waals surface area contributed by atoms with Gasteiger partial charge in [-0.3, -0.25) is 9.59 Å². The van der Waals surface area contributed by atoms with Crippen LogP contribution >= 0.6 is 0 Å². The monoisotopic (exact) mass is 337 g/mol. The number of aromatic amines is 1. The van der Waals surface area contributed by atoms with E-state index in [1.807, 2.05) is 0 Å². The number of alkyl halides is 3. The van der Waals surface area contributed by atoms with Crippen molar-refractivity contribution in [2.45, 2.75) is 32.5 Å². The van der Waals surface area contributed by atoms with Crippen LogP contribution in [0.2, 0.25) is 0 Å². The molecular formula is C13H18F3N3O4. The molecule has 1 heterocycles. The van der Waals surface area contributed by atoms with Crippen LogP contribution < -0.4 is 10.9 Å². The number of carboxylic acids is 1. The molecule has 0 amide bonds. The van der Waals surface area contributed by atoms with Gasteiger partial charge in [0.1, 0.15) is 5.56 Å². The Balaban J connectivity index is 2.87. The van der Waals surface area contributed by atoms with Crippen LogP contribution in [0.4, 0.5) is 18.9 Å². The third kappa shape index (κ3) is 5.89. The predicted molar refractivity (Wildman–Crippen MR) is 75.2 cm³/mol. The molecule has 10 heteroatoms. The quantitative estimate of drug-likeness (QED) is 0.624. The van der Waals surface area contributed by atoms with E-state index in [-0.39, 0.29) is 25.6 Å². The number of anilines is 1. The average Bonchev–Trinajstić information content (AvgIpc) is 2.40. The zero-order chi connectivity index (χ0) is 17.6. The van der Waals surface area contributed by atoms with Gasteiger partial charge in [-0.1, -0.05) is 13.8 Å². The number of carbonyl (C=O) groups is 1. The fourth-order valence-electron chi connectivity index (χ4n) is 1.76. The maximum absolute atomic E-state index is 13.0. The molecule has 1 atom stereocenters. The smallest absolute Gasteiger partial charge is 0.423 e. The zero-order valence-corrected chi connectivity index (χ0v) is 12.6. The molecule has 7 nitrogen and oxygen atoms in total. The van der Waals surface area contributed by atoms with Crippen LogP contribution in [0, 0.1) is 5.92 Å². The maximum atomic E-state index is 13.0. The second kappa shape index (κ2) is 7.95. The van der Waals surface area contributed by atoms with E-state index in [9.17, 15) is 22.8 Å². The summed E-state index contributed by atoms with van der Waals surface area (Å²) in [7, 11) is 0. The van der Waals surface area contributed by atoms with E-state index in [4.69, 9.17) is 9.84 Å². The Hall–Kier alpha value is -2.10. The summed E-state index contributed by atoms with van der Waals surface area (Å²) >= 11 is 0. The summed E-state index contributed by atoms with van der Waals surface area (Å²) < 4.78 is 44.1. The first-order valence-electron chi connectivity index (χ1n) is 6.84. The molecule has 0 bridgehead atoms. The number of carboxylic acid groups (broad SMARTS) is 1. The molecule has 130 valence electrons. The van der Waals surface area contributed by atoms with E-state index in [0.717, 1.165) is 6.20 Å². The second-order valence-electron chi connectivity index (χ2n) is 5.20. The molecule has 0 radical (unpaired) electrons. The van der Waals surface area contributed by atoms with Crippen molar-refractivity contribution in [1.29, 1.82) is 0 Å². The number of rotatable bonds is 8. The standard InChI is InChI=1S/C13H18F3N3O4/c1-7(2)9(6-23-4-3-10(20)21)18-8-5-17-19-12(22)11(8)13(14,15)16/h5,7,9H,3-4,6H2,1-2H3,(H,20,21)(H2,18,19,22). The molecule has 1 unspecified atom stereocenters. The van der Waals surface area contributed by atoms with Crippen molar-refractivity contribution in [2.24, 2.45) is 5.92 Å².